The van der Waals surface area contributed by atoms with Crippen LogP contribution in [0.15, 0.2) is 29.3 Å². The Balaban J connectivity index is 2.27. The Labute approximate surface area is 161 Å². The topological polar surface area (TPSA) is 65.8 Å². The number of hydrogen-bond donors (Lipinski definition) is 1. The molecule has 2 rings (SSSR count). The molecule has 0 aliphatic heterocycles. The van der Waals surface area contributed by atoms with Crippen LogP contribution in [0.2, 0.25) is 5.02 Å². The van der Waals surface area contributed by atoms with Crippen molar-refractivity contribution in [1.82, 2.24) is 4.98 Å². The number of rotatable bonds is 4. The fraction of sp³-hybridized carbons (Fsp3) is 0.235. The molecule has 0 aliphatic carbocycles. The zero-order valence-corrected chi connectivity index (χ0v) is 15.6. The van der Waals surface area contributed by atoms with Crippen molar-refractivity contribution < 1.29 is 22.4 Å². The summed E-state index contributed by atoms with van der Waals surface area (Å²) >= 11 is 6.32. The first-order valence-electron chi connectivity index (χ1n) is 7.44. The van der Waals surface area contributed by atoms with Crippen molar-refractivity contribution in [2.24, 2.45) is 0 Å². The second-order valence-electron chi connectivity index (χ2n) is 5.47. The van der Waals surface area contributed by atoms with Crippen molar-refractivity contribution in [3.8, 4) is 6.07 Å². The third-order valence-corrected chi connectivity index (χ3v) is 4.70. The SMILES string of the molecule is Cc1cc(C(F)(F)F)c(C#N)c(SC(C)C(=O)Nc2ccc(Cl)cc2F)n1. The van der Waals surface area contributed by atoms with Crippen LogP contribution in [0.3, 0.4) is 0 Å². The molecule has 1 heterocycles. The minimum absolute atomic E-state index is 0.0557. The summed E-state index contributed by atoms with van der Waals surface area (Å²) in [7, 11) is 0. The van der Waals surface area contributed by atoms with Gasteiger partial charge in [-0.05, 0) is 38.1 Å². The van der Waals surface area contributed by atoms with Crippen LogP contribution in [0.5, 0.6) is 0 Å². The number of carbonyl (C=O) groups is 1. The fourth-order valence-corrected chi connectivity index (χ4v) is 3.24. The number of aryl methyl sites for hydroxylation is 1. The van der Waals surface area contributed by atoms with Crippen LogP contribution in [-0.4, -0.2) is 16.1 Å². The number of pyridine rings is 1. The van der Waals surface area contributed by atoms with E-state index in [0.717, 1.165) is 12.1 Å². The summed E-state index contributed by atoms with van der Waals surface area (Å²) in [6, 6.07) is 5.93. The van der Waals surface area contributed by atoms with E-state index < -0.39 is 34.3 Å². The van der Waals surface area contributed by atoms with Gasteiger partial charge in [0.05, 0.1) is 22.1 Å². The molecule has 142 valence electrons. The number of anilines is 1. The number of nitriles is 1. The van der Waals surface area contributed by atoms with Crippen LogP contribution in [0.4, 0.5) is 23.2 Å². The molecular weight excluding hydrogens is 406 g/mol. The highest BCUT2D eigenvalue weighted by Crippen LogP contribution is 2.37. The number of carbonyl (C=O) groups excluding carboxylic acids is 1. The van der Waals surface area contributed by atoms with Gasteiger partial charge in [-0.3, -0.25) is 4.79 Å². The zero-order valence-electron chi connectivity index (χ0n) is 14.0. The highest BCUT2D eigenvalue weighted by molar-refractivity contribution is 8.00. The van der Waals surface area contributed by atoms with Crippen molar-refractivity contribution in [2.45, 2.75) is 30.3 Å². The third kappa shape index (κ3) is 5.11. The van der Waals surface area contributed by atoms with Gasteiger partial charge in [0.1, 0.15) is 16.9 Å². The highest BCUT2D eigenvalue weighted by Gasteiger charge is 2.36. The zero-order chi connectivity index (χ0) is 20.4. The predicted octanol–water partition coefficient (Wildman–Crippen LogP) is 5.19. The summed E-state index contributed by atoms with van der Waals surface area (Å²) < 4.78 is 53.2. The van der Waals surface area contributed by atoms with Gasteiger partial charge < -0.3 is 5.32 Å². The lowest BCUT2D eigenvalue weighted by molar-refractivity contribution is -0.138. The highest BCUT2D eigenvalue weighted by atomic mass is 35.5. The van der Waals surface area contributed by atoms with Gasteiger partial charge in [-0.1, -0.05) is 23.4 Å². The smallest absolute Gasteiger partial charge is 0.323 e. The van der Waals surface area contributed by atoms with Crippen molar-refractivity contribution in [3.05, 3.63) is 51.9 Å². The molecule has 0 fully saturated rings. The number of aromatic nitrogens is 1. The number of hydrogen-bond acceptors (Lipinski definition) is 4. The van der Waals surface area contributed by atoms with Gasteiger partial charge in [-0.2, -0.15) is 18.4 Å². The van der Waals surface area contributed by atoms with Crippen LogP contribution in [0.25, 0.3) is 0 Å². The second-order valence-corrected chi connectivity index (χ2v) is 7.24. The van der Waals surface area contributed by atoms with E-state index in [1.54, 1.807) is 0 Å². The Hall–Kier alpha value is -2.31. The minimum Gasteiger partial charge on any atom is -0.323 e. The maximum atomic E-state index is 13.8. The lowest BCUT2D eigenvalue weighted by Crippen LogP contribution is -2.23. The fourth-order valence-electron chi connectivity index (χ4n) is 2.11. The van der Waals surface area contributed by atoms with Crippen molar-refractivity contribution >= 4 is 35.0 Å². The molecule has 10 heteroatoms. The van der Waals surface area contributed by atoms with E-state index in [1.807, 2.05) is 0 Å². The van der Waals surface area contributed by atoms with Gasteiger partial charge >= 0.3 is 6.18 Å². The molecule has 1 aromatic carbocycles. The summed E-state index contributed by atoms with van der Waals surface area (Å²) in [6.45, 7) is 2.76. The normalized spacial score (nSPS) is 12.4. The van der Waals surface area contributed by atoms with Crippen LogP contribution in [0.1, 0.15) is 23.7 Å². The molecule has 4 nitrogen and oxygen atoms in total. The number of nitrogens with zero attached hydrogens (tertiary/aromatic N) is 2. The Kier molecular flexibility index (Phi) is 6.34. The molecule has 1 amide bonds. The summed E-state index contributed by atoms with van der Waals surface area (Å²) in [5.41, 5.74) is -1.84. The molecule has 0 spiro atoms. The predicted molar refractivity (Wildman–Crippen MR) is 94.0 cm³/mol. The number of alkyl halides is 3. The Morgan fingerprint density at radius 2 is 2.04 bits per heavy atom. The van der Waals surface area contributed by atoms with E-state index in [2.05, 4.69) is 10.3 Å². The minimum atomic E-state index is -4.73. The molecule has 2 aromatic rings. The Morgan fingerprint density at radius 1 is 1.37 bits per heavy atom. The monoisotopic (exact) mass is 417 g/mol. The molecule has 1 N–H and O–H groups in total. The van der Waals surface area contributed by atoms with Crippen molar-refractivity contribution in [2.75, 3.05) is 5.32 Å². The lowest BCUT2D eigenvalue weighted by atomic mass is 10.1. The maximum absolute atomic E-state index is 13.8. The van der Waals surface area contributed by atoms with Gasteiger partial charge in [0, 0.05) is 10.7 Å². The van der Waals surface area contributed by atoms with E-state index in [9.17, 15) is 22.4 Å². The molecule has 1 atom stereocenters. The van der Waals surface area contributed by atoms with Gasteiger partial charge in [0.25, 0.3) is 0 Å². The summed E-state index contributed by atoms with van der Waals surface area (Å²) in [5, 5.41) is 10.5. The van der Waals surface area contributed by atoms with Gasteiger partial charge in [-0.15, -0.1) is 0 Å². The lowest BCUT2D eigenvalue weighted by Gasteiger charge is -2.16. The molecule has 0 saturated heterocycles. The number of nitrogens with one attached hydrogen (secondary N) is 1. The van der Waals surface area contributed by atoms with Crippen LogP contribution < -0.4 is 5.32 Å². The van der Waals surface area contributed by atoms with Crippen molar-refractivity contribution in [3.63, 3.8) is 0 Å². The number of benzene rings is 1. The first kappa shape index (κ1) is 21.0. The van der Waals surface area contributed by atoms with E-state index in [4.69, 9.17) is 16.9 Å². The second kappa shape index (κ2) is 8.15. The van der Waals surface area contributed by atoms with Crippen LogP contribution >= 0.6 is 23.4 Å². The van der Waals surface area contributed by atoms with E-state index >= 15 is 0 Å². The Bertz CT molecular complexity index is 928. The first-order valence-corrected chi connectivity index (χ1v) is 8.70. The number of thioether (sulfide) groups is 1. The largest absolute Gasteiger partial charge is 0.417 e. The molecule has 0 radical (unpaired) electrons. The standard InChI is InChI=1S/C17H12ClF4N3OS/c1-8-5-12(17(20,21)22)11(7-23)16(24-8)27-9(2)15(26)25-14-4-3-10(18)6-13(14)19/h3-6,9H,1-2H3,(H,25,26). The summed E-state index contributed by atoms with van der Waals surface area (Å²) in [4.78, 5) is 16.2. The van der Waals surface area contributed by atoms with E-state index in [0.29, 0.717) is 11.8 Å². The van der Waals surface area contributed by atoms with E-state index in [1.165, 1.54) is 32.0 Å². The molecule has 0 aliphatic rings. The number of amides is 1. The molecule has 27 heavy (non-hydrogen) atoms. The maximum Gasteiger partial charge on any atom is 0.417 e. The van der Waals surface area contributed by atoms with Crippen LogP contribution in [-0.2, 0) is 11.0 Å². The molecule has 0 bridgehead atoms. The average Bonchev–Trinajstić information content (AvgIpc) is 2.56. The molecule has 1 unspecified atom stereocenters. The van der Waals surface area contributed by atoms with Gasteiger partial charge in [-0.25, -0.2) is 9.37 Å². The molecule has 0 saturated carbocycles. The quantitative estimate of drug-likeness (QED) is 0.549. The summed E-state index contributed by atoms with van der Waals surface area (Å²) in [5.74, 6) is -1.42. The molecular formula is C17H12ClF4N3OS. The average molecular weight is 418 g/mol. The third-order valence-electron chi connectivity index (χ3n) is 3.38. The van der Waals surface area contributed by atoms with Crippen LogP contribution in [0, 0.1) is 24.1 Å². The van der Waals surface area contributed by atoms with Gasteiger partial charge in [0.2, 0.25) is 5.91 Å². The molecule has 1 aromatic heterocycles. The number of halogens is 5. The van der Waals surface area contributed by atoms with Gasteiger partial charge in [0.15, 0.2) is 0 Å². The first-order chi connectivity index (χ1) is 12.5. The Morgan fingerprint density at radius 3 is 2.59 bits per heavy atom. The van der Waals surface area contributed by atoms with E-state index in [-0.39, 0.29) is 21.4 Å². The summed E-state index contributed by atoms with van der Waals surface area (Å²) in [6.07, 6.45) is -4.73. The van der Waals surface area contributed by atoms with Crippen molar-refractivity contribution in [1.29, 1.82) is 5.26 Å².